The molecule has 0 saturated heterocycles. The maximum atomic E-state index is 12.0. The lowest BCUT2D eigenvalue weighted by molar-refractivity contribution is -0.141. The van der Waals surface area contributed by atoms with Gasteiger partial charge in [0.15, 0.2) is 5.69 Å². The first-order chi connectivity index (χ1) is 4.91. The van der Waals surface area contributed by atoms with Crippen LogP contribution < -0.4 is 0 Å². The molecule has 0 aliphatic heterocycles. The smallest absolute Gasteiger partial charge is 0.275 e. The molecule has 0 atom stereocenters. The zero-order valence-electron chi connectivity index (χ0n) is 6.11. The standard InChI is InChI=1S/C6H7F3N2/c1-4-3-11(2)10-5(4)6(7,8)9/h3H,1-2H3. The van der Waals surface area contributed by atoms with E-state index in [1.54, 1.807) is 0 Å². The first-order valence-corrected chi connectivity index (χ1v) is 2.98. The lowest BCUT2D eigenvalue weighted by Crippen LogP contribution is -2.08. The molecule has 0 spiro atoms. The van der Waals surface area contributed by atoms with Gasteiger partial charge in [0.2, 0.25) is 0 Å². The van der Waals surface area contributed by atoms with Gasteiger partial charge in [-0.15, -0.1) is 0 Å². The third-order valence-corrected chi connectivity index (χ3v) is 1.28. The van der Waals surface area contributed by atoms with Gasteiger partial charge < -0.3 is 0 Å². The van der Waals surface area contributed by atoms with E-state index in [1.807, 2.05) is 0 Å². The van der Waals surface area contributed by atoms with Crippen LogP contribution in [0.1, 0.15) is 11.3 Å². The summed E-state index contributed by atoms with van der Waals surface area (Å²) in [5.74, 6) is 0. The zero-order valence-corrected chi connectivity index (χ0v) is 6.11. The van der Waals surface area contributed by atoms with Gasteiger partial charge >= 0.3 is 6.18 Å². The minimum atomic E-state index is -4.33. The Morgan fingerprint density at radius 2 is 2.00 bits per heavy atom. The highest BCUT2D eigenvalue weighted by Crippen LogP contribution is 2.29. The maximum absolute atomic E-state index is 12.0. The highest BCUT2D eigenvalue weighted by Gasteiger charge is 2.35. The summed E-state index contributed by atoms with van der Waals surface area (Å²) in [6, 6.07) is 0. The molecule has 0 aliphatic carbocycles. The van der Waals surface area contributed by atoms with E-state index < -0.39 is 11.9 Å². The van der Waals surface area contributed by atoms with Crippen LogP contribution in [-0.4, -0.2) is 9.78 Å². The normalized spacial score (nSPS) is 12.1. The molecule has 0 amide bonds. The summed E-state index contributed by atoms with van der Waals surface area (Å²) in [7, 11) is 1.46. The van der Waals surface area contributed by atoms with Gasteiger partial charge in [-0.3, -0.25) is 4.68 Å². The van der Waals surface area contributed by atoms with Crippen molar-refractivity contribution in [3.63, 3.8) is 0 Å². The van der Waals surface area contributed by atoms with E-state index in [1.165, 1.54) is 20.2 Å². The van der Waals surface area contributed by atoms with Crippen LogP contribution in [0.25, 0.3) is 0 Å². The molecule has 0 fully saturated rings. The van der Waals surface area contributed by atoms with Crippen LogP contribution in [0.5, 0.6) is 0 Å². The highest BCUT2D eigenvalue weighted by molar-refractivity contribution is 5.17. The second-order valence-electron chi connectivity index (χ2n) is 2.33. The van der Waals surface area contributed by atoms with Crippen molar-refractivity contribution in [1.82, 2.24) is 9.78 Å². The summed E-state index contributed by atoms with van der Waals surface area (Å²) >= 11 is 0. The maximum Gasteiger partial charge on any atom is 0.435 e. The predicted molar refractivity (Wildman–Crippen MR) is 32.9 cm³/mol. The first kappa shape index (κ1) is 8.10. The Morgan fingerprint density at radius 3 is 2.18 bits per heavy atom. The molecule has 1 heterocycles. The molecular weight excluding hydrogens is 157 g/mol. The third-order valence-electron chi connectivity index (χ3n) is 1.28. The molecule has 1 rings (SSSR count). The van der Waals surface area contributed by atoms with Crippen molar-refractivity contribution in [2.45, 2.75) is 13.1 Å². The van der Waals surface area contributed by atoms with Crippen molar-refractivity contribution in [3.8, 4) is 0 Å². The summed E-state index contributed by atoms with van der Waals surface area (Å²) in [6.45, 7) is 1.38. The number of halogens is 3. The molecule has 0 N–H and O–H groups in total. The third kappa shape index (κ3) is 1.53. The molecule has 0 aliphatic rings. The molecule has 11 heavy (non-hydrogen) atoms. The second kappa shape index (κ2) is 2.25. The Hall–Kier alpha value is -1.00. The zero-order chi connectivity index (χ0) is 8.65. The van der Waals surface area contributed by atoms with Crippen LogP contribution in [0.2, 0.25) is 0 Å². The molecule has 5 heteroatoms. The van der Waals surface area contributed by atoms with Gasteiger partial charge in [0.05, 0.1) is 0 Å². The van der Waals surface area contributed by atoms with E-state index >= 15 is 0 Å². The first-order valence-electron chi connectivity index (χ1n) is 2.98. The largest absolute Gasteiger partial charge is 0.435 e. The number of rotatable bonds is 0. The van der Waals surface area contributed by atoms with E-state index in [9.17, 15) is 13.2 Å². The van der Waals surface area contributed by atoms with E-state index in [-0.39, 0.29) is 5.56 Å². The van der Waals surface area contributed by atoms with E-state index in [4.69, 9.17) is 0 Å². The Kier molecular flexibility index (Phi) is 1.66. The monoisotopic (exact) mass is 164 g/mol. The summed E-state index contributed by atoms with van der Waals surface area (Å²) in [5.41, 5.74) is -0.653. The topological polar surface area (TPSA) is 17.8 Å². The molecule has 0 aromatic carbocycles. The van der Waals surface area contributed by atoms with Gasteiger partial charge in [-0.2, -0.15) is 18.3 Å². The Bertz CT molecular complexity index is 261. The van der Waals surface area contributed by atoms with Crippen molar-refractivity contribution < 1.29 is 13.2 Å². The number of hydrogen-bond acceptors (Lipinski definition) is 1. The number of nitrogens with zero attached hydrogens (tertiary/aromatic N) is 2. The van der Waals surface area contributed by atoms with E-state index in [0.29, 0.717) is 0 Å². The second-order valence-corrected chi connectivity index (χ2v) is 2.33. The van der Waals surface area contributed by atoms with Crippen LogP contribution in [0.15, 0.2) is 6.20 Å². The summed E-state index contributed by atoms with van der Waals surface area (Å²) in [5, 5.41) is 3.27. The number of alkyl halides is 3. The van der Waals surface area contributed by atoms with Gasteiger partial charge in [0.25, 0.3) is 0 Å². The number of aromatic nitrogens is 2. The van der Waals surface area contributed by atoms with Crippen molar-refractivity contribution in [2.24, 2.45) is 7.05 Å². The van der Waals surface area contributed by atoms with Gasteiger partial charge in [-0.05, 0) is 12.5 Å². The molecule has 1 aromatic heterocycles. The van der Waals surface area contributed by atoms with Crippen LogP contribution in [0.4, 0.5) is 13.2 Å². The Labute approximate surface area is 61.6 Å². The summed E-state index contributed by atoms with van der Waals surface area (Å²) < 4.78 is 37.1. The fourth-order valence-corrected chi connectivity index (χ4v) is 0.887. The van der Waals surface area contributed by atoms with E-state index in [2.05, 4.69) is 5.10 Å². The van der Waals surface area contributed by atoms with Crippen LogP contribution >= 0.6 is 0 Å². The van der Waals surface area contributed by atoms with Gasteiger partial charge in [-0.25, -0.2) is 0 Å². The average Bonchev–Trinajstić information content (AvgIpc) is 2.08. The predicted octanol–water partition coefficient (Wildman–Crippen LogP) is 1.75. The highest BCUT2D eigenvalue weighted by atomic mass is 19.4. The van der Waals surface area contributed by atoms with Crippen molar-refractivity contribution in [1.29, 1.82) is 0 Å². The van der Waals surface area contributed by atoms with Gasteiger partial charge in [0, 0.05) is 13.2 Å². The molecule has 0 radical (unpaired) electrons. The quantitative estimate of drug-likeness (QED) is 0.571. The lowest BCUT2D eigenvalue weighted by Gasteiger charge is -2.01. The number of hydrogen-bond donors (Lipinski definition) is 0. The fraction of sp³-hybridized carbons (Fsp3) is 0.500. The molecular formula is C6H7F3N2. The molecule has 0 unspecified atom stereocenters. The Morgan fingerprint density at radius 1 is 1.45 bits per heavy atom. The number of aryl methyl sites for hydroxylation is 2. The van der Waals surface area contributed by atoms with Crippen LogP contribution in [-0.2, 0) is 13.2 Å². The molecule has 1 aromatic rings. The van der Waals surface area contributed by atoms with Crippen molar-refractivity contribution >= 4 is 0 Å². The molecule has 0 bridgehead atoms. The van der Waals surface area contributed by atoms with Gasteiger partial charge in [0.1, 0.15) is 0 Å². The molecule has 0 saturated carbocycles. The van der Waals surface area contributed by atoms with E-state index in [0.717, 1.165) is 4.68 Å². The van der Waals surface area contributed by atoms with Crippen molar-refractivity contribution in [2.75, 3.05) is 0 Å². The SMILES string of the molecule is Cc1cn(C)nc1C(F)(F)F. The molecule has 62 valence electrons. The lowest BCUT2D eigenvalue weighted by atomic mass is 10.3. The Balaban J connectivity index is 3.13. The van der Waals surface area contributed by atoms with Crippen LogP contribution in [0.3, 0.4) is 0 Å². The van der Waals surface area contributed by atoms with Gasteiger partial charge in [-0.1, -0.05) is 0 Å². The summed E-state index contributed by atoms with van der Waals surface area (Å²) in [6.07, 6.45) is -2.99. The minimum Gasteiger partial charge on any atom is -0.275 e. The fourth-order valence-electron chi connectivity index (χ4n) is 0.887. The minimum absolute atomic E-state index is 0.153. The average molecular weight is 164 g/mol. The molecule has 2 nitrogen and oxygen atoms in total. The van der Waals surface area contributed by atoms with Crippen molar-refractivity contribution in [3.05, 3.63) is 17.5 Å². The summed E-state index contributed by atoms with van der Waals surface area (Å²) in [4.78, 5) is 0. The van der Waals surface area contributed by atoms with Crippen LogP contribution in [0, 0.1) is 6.92 Å².